The van der Waals surface area contributed by atoms with Gasteiger partial charge in [-0.25, -0.2) is 12.7 Å². The summed E-state index contributed by atoms with van der Waals surface area (Å²) in [4.78, 5) is 2.35. The smallest absolute Gasteiger partial charge is 0.244 e. The van der Waals surface area contributed by atoms with Gasteiger partial charge in [0.1, 0.15) is 4.90 Å². The maximum atomic E-state index is 12.4. The van der Waals surface area contributed by atoms with E-state index in [0.29, 0.717) is 10.8 Å². The van der Waals surface area contributed by atoms with Gasteiger partial charge in [-0.3, -0.25) is 0 Å². The van der Waals surface area contributed by atoms with Crippen molar-refractivity contribution in [2.24, 2.45) is 5.92 Å². The van der Waals surface area contributed by atoms with Gasteiger partial charge < -0.3 is 10.2 Å². The van der Waals surface area contributed by atoms with Crippen molar-refractivity contribution in [2.45, 2.75) is 11.8 Å². The second kappa shape index (κ2) is 7.06. The number of rotatable bonds is 7. The molecule has 0 radical (unpaired) electrons. The molecule has 1 atom stereocenters. The maximum Gasteiger partial charge on any atom is 0.244 e. The van der Waals surface area contributed by atoms with Crippen LogP contribution in [0.15, 0.2) is 29.2 Å². The minimum absolute atomic E-state index is 0.351. The van der Waals surface area contributed by atoms with Crippen LogP contribution in [0.4, 0.5) is 5.69 Å². The van der Waals surface area contributed by atoms with E-state index in [2.05, 4.69) is 12.2 Å². The van der Waals surface area contributed by atoms with Crippen molar-refractivity contribution in [1.82, 2.24) is 9.62 Å². The van der Waals surface area contributed by atoms with Crippen LogP contribution in [0.3, 0.4) is 0 Å². The lowest BCUT2D eigenvalue weighted by atomic mass is 10.1. The van der Waals surface area contributed by atoms with Gasteiger partial charge in [-0.05, 0) is 31.6 Å². The Kier molecular flexibility index (Phi) is 5.98. The molecule has 0 heterocycles. The van der Waals surface area contributed by atoms with Gasteiger partial charge in [0.05, 0.1) is 5.69 Å². The largest absolute Gasteiger partial charge is 0.373 e. The quantitative estimate of drug-likeness (QED) is 0.823. The fourth-order valence-corrected chi connectivity index (χ4v) is 3.30. The standard InChI is InChI=1S/C14H25N3O2S/c1-12(10-15-2)11-17(5)13-8-6-7-9-14(13)20(18,19)16(3)4/h6-9,12,15H,10-11H2,1-5H3. The number of sulfonamides is 1. The highest BCUT2D eigenvalue weighted by atomic mass is 32.2. The van der Waals surface area contributed by atoms with Gasteiger partial charge in [0.15, 0.2) is 0 Å². The lowest BCUT2D eigenvalue weighted by Gasteiger charge is -2.26. The molecule has 1 aromatic rings. The van der Waals surface area contributed by atoms with Crippen LogP contribution in [-0.4, -0.2) is 54.0 Å². The number of benzene rings is 1. The predicted molar refractivity (Wildman–Crippen MR) is 83.7 cm³/mol. The SMILES string of the molecule is CNCC(C)CN(C)c1ccccc1S(=O)(=O)N(C)C. The third-order valence-electron chi connectivity index (χ3n) is 3.17. The summed E-state index contributed by atoms with van der Waals surface area (Å²) in [5.74, 6) is 0.431. The Hall–Kier alpha value is -1.11. The lowest BCUT2D eigenvalue weighted by Crippen LogP contribution is -2.31. The van der Waals surface area contributed by atoms with Crippen molar-refractivity contribution in [3.63, 3.8) is 0 Å². The zero-order chi connectivity index (χ0) is 15.3. The van der Waals surface area contributed by atoms with Crippen molar-refractivity contribution in [2.75, 3.05) is 46.2 Å². The summed E-state index contributed by atoms with van der Waals surface area (Å²) >= 11 is 0. The molecule has 1 rings (SSSR count). The van der Waals surface area contributed by atoms with E-state index in [1.54, 1.807) is 26.2 Å². The number of anilines is 1. The normalized spacial score (nSPS) is 13.5. The first kappa shape index (κ1) is 16.9. The van der Waals surface area contributed by atoms with E-state index in [1.165, 1.54) is 4.31 Å². The molecule has 0 amide bonds. The van der Waals surface area contributed by atoms with Crippen LogP contribution in [0.1, 0.15) is 6.92 Å². The molecule has 1 unspecified atom stereocenters. The minimum atomic E-state index is -3.42. The summed E-state index contributed by atoms with van der Waals surface area (Å²) < 4.78 is 26.0. The topological polar surface area (TPSA) is 52.7 Å². The number of nitrogens with zero attached hydrogens (tertiary/aromatic N) is 2. The molecule has 0 aromatic heterocycles. The Balaban J connectivity index is 3.08. The Labute approximate surface area is 122 Å². The van der Waals surface area contributed by atoms with E-state index in [9.17, 15) is 8.42 Å². The van der Waals surface area contributed by atoms with E-state index < -0.39 is 10.0 Å². The molecule has 0 spiro atoms. The minimum Gasteiger partial charge on any atom is -0.373 e. The summed E-state index contributed by atoms with van der Waals surface area (Å²) in [5, 5.41) is 3.13. The van der Waals surface area contributed by atoms with Crippen molar-refractivity contribution in [3.8, 4) is 0 Å². The van der Waals surface area contributed by atoms with E-state index >= 15 is 0 Å². The molecule has 0 aliphatic heterocycles. The number of nitrogens with one attached hydrogen (secondary N) is 1. The molecule has 114 valence electrons. The van der Waals surface area contributed by atoms with Crippen molar-refractivity contribution in [1.29, 1.82) is 0 Å². The Morgan fingerprint density at radius 3 is 2.35 bits per heavy atom. The van der Waals surface area contributed by atoms with Gasteiger partial charge in [0.2, 0.25) is 10.0 Å². The molecule has 0 saturated heterocycles. The number of hydrogen-bond acceptors (Lipinski definition) is 4. The summed E-state index contributed by atoms with van der Waals surface area (Å²) in [5.41, 5.74) is 0.740. The van der Waals surface area contributed by atoms with Crippen LogP contribution in [0.5, 0.6) is 0 Å². The van der Waals surface area contributed by atoms with Gasteiger partial charge in [-0.2, -0.15) is 0 Å². The summed E-state index contributed by atoms with van der Waals surface area (Å²) in [7, 11) is 3.52. The first-order valence-electron chi connectivity index (χ1n) is 6.68. The maximum absolute atomic E-state index is 12.4. The van der Waals surface area contributed by atoms with E-state index in [1.807, 2.05) is 31.1 Å². The molecule has 1 N–H and O–H groups in total. The predicted octanol–water partition coefficient (Wildman–Crippen LogP) is 1.23. The third-order valence-corrected chi connectivity index (χ3v) is 5.04. The highest BCUT2D eigenvalue weighted by Gasteiger charge is 2.22. The monoisotopic (exact) mass is 299 g/mol. The molecular weight excluding hydrogens is 274 g/mol. The van der Waals surface area contributed by atoms with Gasteiger partial charge in [-0.1, -0.05) is 19.1 Å². The third kappa shape index (κ3) is 3.94. The van der Waals surface area contributed by atoms with Crippen LogP contribution in [-0.2, 0) is 10.0 Å². The Morgan fingerprint density at radius 2 is 1.80 bits per heavy atom. The van der Waals surface area contributed by atoms with Gasteiger partial charge >= 0.3 is 0 Å². The summed E-state index contributed by atoms with van der Waals surface area (Å²) in [6, 6.07) is 7.13. The number of hydrogen-bond donors (Lipinski definition) is 1. The fraction of sp³-hybridized carbons (Fsp3) is 0.571. The second-order valence-corrected chi connectivity index (χ2v) is 7.42. The first-order chi connectivity index (χ1) is 9.30. The molecule has 0 aliphatic carbocycles. The van der Waals surface area contributed by atoms with Crippen LogP contribution in [0.25, 0.3) is 0 Å². The number of para-hydroxylation sites is 1. The highest BCUT2D eigenvalue weighted by molar-refractivity contribution is 7.89. The molecule has 0 bridgehead atoms. The summed E-state index contributed by atoms with van der Waals surface area (Å²) in [6.45, 7) is 3.82. The molecule has 20 heavy (non-hydrogen) atoms. The highest BCUT2D eigenvalue weighted by Crippen LogP contribution is 2.26. The van der Waals surface area contributed by atoms with Crippen molar-refractivity contribution in [3.05, 3.63) is 24.3 Å². The van der Waals surface area contributed by atoms with Crippen LogP contribution in [0.2, 0.25) is 0 Å². The molecule has 0 saturated carbocycles. The van der Waals surface area contributed by atoms with E-state index in [-0.39, 0.29) is 0 Å². The zero-order valence-electron chi connectivity index (χ0n) is 12.9. The van der Waals surface area contributed by atoms with Crippen LogP contribution >= 0.6 is 0 Å². The molecular formula is C14H25N3O2S. The lowest BCUT2D eigenvalue weighted by molar-refractivity contribution is 0.518. The van der Waals surface area contributed by atoms with E-state index in [0.717, 1.165) is 18.8 Å². The van der Waals surface area contributed by atoms with Crippen molar-refractivity contribution < 1.29 is 8.42 Å². The Morgan fingerprint density at radius 1 is 1.20 bits per heavy atom. The fourth-order valence-electron chi connectivity index (χ4n) is 2.17. The van der Waals surface area contributed by atoms with Crippen molar-refractivity contribution >= 4 is 15.7 Å². The van der Waals surface area contributed by atoms with E-state index in [4.69, 9.17) is 0 Å². The molecule has 0 aliphatic rings. The first-order valence-corrected chi connectivity index (χ1v) is 8.12. The molecule has 1 aromatic carbocycles. The van der Waals surface area contributed by atoms with Gasteiger partial charge in [0.25, 0.3) is 0 Å². The second-order valence-electron chi connectivity index (χ2n) is 5.30. The summed E-state index contributed by atoms with van der Waals surface area (Å²) in [6.07, 6.45) is 0. The van der Waals surface area contributed by atoms with Gasteiger partial charge in [0, 0.05) is 27.7 Å². The average molecular weight is 299 g/mol. The molecule has 0 fully saturated rings. The van der Waals surface area contributed by atoms with Crippen LogP contribution in [0, 0.1) is 5.92 Å². The molecule has 5 nitrogen and oxygen atoms in total. The Bertz CT molecular complexity index is 529. The molecule has 6 heteroatoms. The average Bonchev–Trinajstić information content (AvgIpc) is 2.38. The zero-order valence-corrected chi connectivity index (χ0v) is 13.7. The van der Waals surface area contributed by atoms with Gasteiger partial charge in [-0.15, -0.1) is 0 Å². The van der Waals surface area contributed by atoms with Crippen LogP contribution < -0.4 is 10.2 Å².